The first-order chi connectivity index (χ1) is 10.0. The maximum atomic E-state index is 12.9. The molecule has 21 heavy (non-hydrogen) atoms. The third kappa shape index (κ3) is 2.78. The van der Waals surface area contributed by atoms with E-state index < -0.39 is 10.0 Å². The molecule has 1 aromatic carbocycles. The van der Waals surface area contributed by atoms with E-state index in [9.17, 15) is 8.42 Å². The van der Waals surface area contributed by atoms with Crippen LogP contribution in [-0.4, -0.2) is 30.8 Å². The normalized spacial score (nSPS) is 15.9. The summed E-state index contributed by atoms with van der Waals surface area (Å²) in [5.41, 5.74) is 7.13. The number of H-pyrrole nitrogens is 1. The topological polar surface area (TPSA) is 79.2 Å². The van der Waals surface area contributed by atoms with Gasteiger partial charge in [0, 0.05) is 35.9 Å². The summed E-state index contributed by atoms with van der Waals surface area (Å²) in [6.07, 6.45) is 4.68. The second-order valence-corrected chi connectivity index (χ2v) is 7.67. The fourth-order valence-electron chi connectivity index (χ4n) is 2.62. The van der Waals surface area contributed by atoms with Crippen LogP contribution in [-0.2, 0) is 10.0 Å². The molecule has 0 unspecified atom stereocenters. The van der Waals surface area contributed by atoms with Crippen molar-refractivity contribution in [2.24, 2.45) is 5.92 Å². The summed E-state index contributed by atoms with van der Waals surface area (Å²) in [4.78, 5) is 3.37. The molecule has 3 N–H and O–H groups in total. The molecule has 1 aromatic heterocycles. The van der Waals surface area contributed by atoms with Crippen molar-refractivity contribution in [1.82, 2.24) is 9.29 Å². The first kappa shape index (κ1) is 14.4. The van der Waals surface area contributed by atoms with Gasteiger partial charge in [0.15, 0.2) is 0 Å². The Bertz CT molecular complexity index is 747. The lowest BCUT2D eigenvalue weighted by molar-refractivity contribution is 0.396. The van der Waals surface area contributed by atoms with Gasteiger partial charge in [0.2, 0.25) is 10.0 Å². The Morgan fingerprint density at radius 3 is 2.81 bits per heavy atom. The predicted octanol–water partition coefficient (Wildman–Crippen LogP) is 2.56. The molecule has 0 bridgehead atoms. The van der Waals surface area contributed by atoms with Crippen molar-refractivity contribution < 1.29 is 8.42 Å². The SMILES string of the molecule is CCCN(CC1CC1)S(=O)(=O)c1c[nH]c2cc(N)ccc12. The molecule has 0 aliphatic heterocycles. The van der Waals surface area contributed by atoms with Gasteiger partial charge in [0.1, 0.15) is 4.90 Å². The summed E-state index contributed by atoms with van der Waals surface area (Å²) >= 11 is 0. The zero-order chi connectivity index (χ0) is 15.0. The Morgan fingerprint density at radius 1 is 1.38 bits per heavy atom. The number of anilines is 1. The van der Waals surface area contributed by atoms with E-state index in [-0.39, 0.29) is 0 Å². The summed E-state index contributed by atoms with van der Waals surface area (Å²) in [6.45, 7) is 3.21. The van der Waals surface area contributed by atoms with Gasteiger partial charge in [-0.2, -0.15) is 4.31 Å². The highest BCUT2D eigenvalue weighted by Gasteiger charge is 2.32. The number of benzene rings is 1. The van der Waals surface area contributed by atoms with Crippen LogP contribution in [0.25, 0.3) is 10.9 Å². The minimum atomic E-state index is -3.45. The van der Waals surface area contributed by atoms with E-state index in [1.165, 1.54) is 0 Å². The van der Waals surface area contributed by atoms with Gasteiger partial charge < -0.3 is 10.7 Å². The number of aromatic nitrogens is 1. The second kappa shape index (κ2) is 5.35. The highest BCUT2D eigenvalue weighted by molar-refractivity contribution is 7.89. The summed E-state index contributed by atoms with van der Waals surface area (Å²) in [6, 6.07) is 5.27. The Hall–Kier alpha value is -1.53. The molecule has 1 aliphatic carbocycles. The standard InChI is InChI=1S/C15H21N3O2S/c1-2-7-18(10-11-3-4-11)21(19,20)15-9-17-14-8-12(16)5-6-13(14)15/h5-6,8-9,11,17H,2-4,7,10,16H2,1H3. The van der Waals surface area contributed by atoms with E-state index in [1.54, 1.807) is 28.7 Å². The number of nitrogens with two attached hydrogens (primary N) is 1. The van der Waals surface area contributed by atoms with Crippen LogP contribution in [0.2, 0.25) is 0 Å². The third-order valence-corrected chi connectivity index (χ3v) is 5.82. The Balaban J connectivity index is 2.01. The van der Waals surface area contributed by atoms with E-state index >= 15 is 0 Å². The number of hydrogen-bond donors (Lipinski definition) is 2. The highest BCUT2D eigenvalue weighted by Crippen LogP contribution is 2.33. The fourth-order valence-corrected chi connectivity index (χ4v) is 4.39. The number of nitrogen functional groups attached to an aromatic ring is 1. The lowest BCUT2D eigenvalue weighted by atomic mass is 10.2. The van der Waals surface area contributed by atoms with Crippen molar-refractivity contribution in [3.8, 4) is 0 Å². The Kier molecular flexibility index (Phi) is 3.67. The smallest absolute Gasteiger partial charge is 0.245 e. The second-order valence-electron chi connectivity index (χ2n) is 5.76. The minimum absolute atomic E-state index is 0.353. The molecule has 1 saturated carbocycles. The molecule has 1 heterocycles. The molecular weight excluding hydrogens is 286 g/mol. The van der Waals surface area contributed by atoms with Crippen molar-refractivity contribution in [2.75, 3.05) is 18.8 Å². The number of sulfonamides is 1. The van der Waals surface area contributed by atoms with Gasteiger partial charge in [-0.3, -0.25) is 0 Å². The number of hydrogen-bond acceptors (Lipinski definition) is 3. The van der Waals surface area contributed by atoms with Crippen LogP contribution >= 0.6 is 0 Å². The maximum absolute atomic E-state index is 12.9. The molecular formula is C15H21N3O2S. The van der Waals surface area contributed by atoms with Crippen molar-refractivity contribution in [1.29, 1.82) is 0 Å². The van der Waals surface area contributed by atoms with Crippen LogP contribution in [0, 0.1) is 5.92 Å². The number of aromatic amines is 1. The molecule has 0 saturated heterocycles. The third-order valence-electron chi connectivity index (χ3n) is 3.92. The molecule has 0 radical (unpaired) electrons. The Morgan fingerprint density at radius 2 is 2.14 bits per heavy atom. The van der Waals surface area contributed by atoms with Crippen molar-refractivity contribution in [2.45, 2.75) is 31.1 Å². The first-order valence-corrected chi connectivity index (χ1v) is 8.83. The van der Waals surface area contributed by atoms with E-state index in [0.717, 1.165) is 24.8 Å². The molecule has 114 valence electrons. The fraction of sp³-hybridized carbons (Fsp3) is 0.467. The monoisotopic (exact) mass is 307 g/mol. The zero-order valence-corrected chi connectivity index (χ0v) is 13.0. The number of nitrogens with zero attached hydrogens (tertiary/aromatic N) is 1. The average Bonchev–Trinajstić information content (AvgIpc) is 3.15. The van der Waals surface area contributed by atoms with Crippen LogP contribution in [0.4, 0.5) is 5.69 Å². The van der Waals surface area contributed by atoms with E-state index in [0.29, 0.717) is 35.0 Å². The van der Waals surface area contributed by atoms with Crippen LogP contribution in [0.15, 0.2) is 29.3 Å². The molecule has 0 spiro atoms. The molecule has 3 rings (SSSR count). The molecule has 5 nitrogen and oxygen atoms in total. The van der Waals surface area contributed by atoms with Gasteiger partial charge in [-0.1, -0.05) is 6.92 Å². The van der Waals surface area contributed by atoms with E-state index in [4.69, 9.17) is 5.73 Å². The van der Waals surface area contributed by atoms with Crippen LogP contribution in [0.3, 0.4) is 0 Å². The molecule has 2 aromatic rings. The Labute approximate surface area is 125 Å². The molecule has 6 heteroatoms. The summed E-state index contributed by atoms with van der Waals surface area (Å²) in [5.74, 6) is 0.534. The summed E-state index contributed by atoms with van der Waals surface area (Å²) in [5, 5.41) is 0.709. The van der Waals surface area contributed by atoms with E-state index in [2.05, 4.69) is 4.98 Å². The summed E-state index contributed by atoms with van der Waals surface area (Å²) in [7, 11) is -3.45. The van der Waals surface area contributed by atoms with Crippen LogP contribution in [0.5, 0.6) is 0 Å². The quantitative estimate of drug-likeness (QED) is 0.805. The predicted molar refractivity (Wildman–Crippen MR) is 84.5 cm³/mol. The van der Waals surface area contributed by atoms with Crippen LogP contribution in [0.1, 0.15) is 26.2 Å². The van der Waals surface area contributed by atoms with Gasteiger partial charge in [-0.05, 0) is 43.4 Å². The van der Waals surface area contributed by atoms with Crippen molar-refractivity contribution >= 4 is 26.6 Å². The van der Waals surface area contributed by atoms with Crippen molar-refractivity contribution in [3.05, 3.63) is 24.4 Å². The van der Waals surface area contributed by atoms with E-state index in [1.807, 2.05) is 6.92 Å². The highest BCUT2D eigenvalue weighted by atomic mass is 32.2. The van der Waals surface area contributed by atoms with Gasteiger partial charge in [-0.15, -0.1) is 0 Å². The number of nitrogens with one attached hydrogen (secondary N) is 1. The molecule has 0 amide bonds. The lowest BCUT2D eigenvalue weighted by Gasteiger charge is -2.21. The molecule has 1 aliphatic rings. The average molecular weight is 307 g/mol. The van der Waals surface area contributed by atoms with Gasteiger partial charge in [0.05, 0.1) is 0 Å². The number of rotatable bonds is 6. The first-order valence-electron chi connectivity index (χ1n) is 7.39. The maximum Gasteiger partial charge on any atom is 0.245 e. The largest absolute Gasteiger partial charge is 0.399 e. The van der Waals surface area contributed by atoms with Crippen LogP contribution < -0.4 is 5.73 Å². The molecule has 1 fully saturated rings. The summed E-state index contributed by atoms with van der Waals surface area (Å²) < 4.78 is 27.5. The molecule has 0 atom stereocenters. The minimum Gasteiger partial charge on any atom is -0.399 e. The number of fused-ring (bicyclic) bond motifs is 1. The van der Waals surface area contributed by atoms with Gasteiger partial charge in [0.25, 0.3) is 0 Å². The van der Waals surface area contributed by atoms with Gasteiger partial charge >= 0.3 is 0 Å². The van der Waals surface area contributed by atoms with Gasteiger partial charge in [-0.25, -0.2) is 8.42 Å². The van der Waals surface area contributed by atoms with Crippen molar-refractivity contribution in [3.63, 3.8) is 0 Å². The zero-order valence-electron chi connectivity index (χ0n) is 12.2. The lowest BCUT2D eigenvalue weighted by Crippen LogP contribution is -2.33.